The Balaban J connectivity index is 3.04. The molecule has 0 unspecified atom stereocenters. The first-order valence-corrected chi connectivity index (χ1v) is 3.99. The number of methoxy groups -OCH3 is 1. The normalized spacial score (nSPS) is 12.0. The van der Waals surface area contributed by atoms with Gasteiger partial charge in [0.15, 0.2) is 0 Å². The van der Waals surface area contributed by atoms with Crippen LogP contribution in [0.3, 0.4) is 0 Å². The number of thioether (sulfide) groups is 1. The summed E-state index contributed by atoms with van der Waals surface area (Å²) >= 11 is 0.863. The van der Waals surface area contributed by atoms with Gasteiger partial charge in [-0.25, -0.2) is 0 Å². The molecule has 0 radical (unpaired) electrons. The van der Waals surface area contributed by atoms with Gasteiger partial charge in [0.2, 0.25) is 0 Å². The number of rotatable bonds is 5. The van der Waals surface area contributed by atoms with Gasteiger partial charge in [0.1, 0.15) is 0 Å². The van der Waals surface area contributed by atoms with E-state index in [9.17, 15) is 12.9 Å². The third-order valence-electron chi connectivity index (χ3n) is 0.739. The molecule has 0 N–H and O–H groups in total. The molecule has 0 heterocycles. The molecule has 0 aliphatic heterocycles. The van der Waals surface area contributed by atoms with Crippen molar-refractivity contribution in [3.05, 3.63) is 0 Å². The van der Waals surface area contributed by atoms with Crippen LogP contribution in [0.2, 0.25) is 0 Å². The molecule has 0 aromatic heterocycles. The van der Waals surface area contributed by atoms with Crippen LogP contribution in [0, 0.1) is 0 Å². The Morgan fingerprint density at radius 2 is 2.00 bits per heavy atom. The molecule has 0 spiro atoms. The van der Waals surface area contributed by atoms with Crippen molar-refractivity contribution in [1.82, 2.24) is 0 Å². The second-order valence-corrected chi connectivity index (χ2v) is 2.93. The van der Waals surface area contributed by atoms with E-state index in [0.29, 0.717) is 12.4 Å². The molecule has 0 saturated carbocycles. The number of hydrogen-bond donors (Lipinski definition) is 0. The molecule has 1 nitrogen and oxygen atoms in total. The summed E-state index contributed by atoms with van der Waals surface area (Å²) in [6.45, 7) is -4.22. The van der Waals surface area contributed by atoms with Crippen LogP contribution in [0.5, 0.6) is 0 Å². The fourth-order valence-corrected chi connectivity index (χ4v) is 1.08. The third kappa shape index (κ3) is 8.16. The maximum atomic E-state index is 11.5. The van der Waals surface area contributed by atoms with Crippen molar-refractivity contribution in [1.29, 1.82) is 0 Å². The van der Waals surface area contributed by atoms with Crippen molar-refractivity contribution in [3.8, 4) is 0 Å². The van der Waals surface area contributed by atoms with E-state index >= 15 is 0 Å². The number of hydrogen-bond acceptors (Lipinski definition) is 2. The fraction of sp³-hybridized carbons (Fsp3) is 1.00. The lowest BCUT2D eigenvalue weighted by Gasteiger charge is -2.11. The zero-order chi connectivity index (χ0) is 8.04. The zero-order valence-electron chi connectivity index (χ0n) is 5.65. The molecule has 0 aliphatic rings. The zero-order valence-corrected chi connectivity index (χ0v) is 6.47. The first-order chi connectivity index (χ1) is 4.56. The van der Waals surface area contributed by atoms with E-state index in [1.165, 1.54) is 7.11 Å². The molecule has 0 aliphatic carbocycles. The Kier molecular flexibility index (Phi) is 4.98. The van der Waals surface area contributed by atoms with Gasteiger partial charge in [-0.15, -0.1) is 0 Å². The van der Waals surface area contributed by atoms with Crippen LogP contribution in [-0.2, 0) is 4.74 Å². The van der Waals surface area contributed by atoms with Crippen molar-refractivity contribution in [2.45, 2.75) is 0 Å². The summed E-state index contributed by atoms with van der Waals surface area (Å²) in [5, 5.41) is 0. The SMILES string of the molecule is COCCSC[B-](F)(F)F. The quantitative estimate of drug-likeness (QED) is 0.462. The van der Waals surface area contributed by atoms with Crippen molar-refractivity contribution < 1.29 is 17.7 Å². The molecule has 10 heavy (non-hydrogen) atoms. The molecule has 0 aromatic carbocycles. The highest BCUT2D eigenvalue weighted by molar-refractivity contribution is 8.00. The van der Waals surface area contributed by atoms with Gasteiger partial charge in [-0.2, -0.15) is 11.8 Å². The minimum absolute atomic E-state index is 0.386. The molecule has 0 aromatic rings. The topological polar surface area (TPSA) is 9.23 Å². The van der Waals surface area contributed by atoms with Gasteiger partial charge < -0.3 is 17.7 Å². The van der Waals surface area contributed by atoms with Crippen LogP contribution < -0.4 is 0 Å². The predicted molar refractivity (Wildman–Crippen MR) is 38.3 cm³/mol. The van der Waals surface area contributed by atoms with Crippen LogP contribution >= 0.6 is 11.8 Å². The van der Waals surface area contributed by atoms with Gasteiger partial charge >= 0.3 is 6.98 Å². The molecule has 0 rings (SSSR count). The van der Waals surface area contributed by atoms with Crippen LogP contribution in [0.25, 0.3) is 0 Å². The lowest BCUT2D eigenvalue weighted by atomic mass is 9.98. The van der Waals surface area contributed by atoms with E-state index in [4.69, 9.17) is 0 Å². The summed E-state index contributed by atoms with van der Waals surface area (Å²) in [5.74, 6) is 0.414. The van der Waals surface area contributed by atoms with Gasteiger partial charge in [-0.05, 0) is 5.65 Å². The molecule has 0 atom stereocenters. The summed E-state index contributed by atoms with van der Waals surface area (Å²) < 4.78 is 39.0. The van der Waals surface area contributed by atoms with E-state index < -0.39 is 12.6 Å². The summed E-state index contributed by atoms with van der Waals surface area (Å²) in [7, 11) is 1.47. The van der Waals surface area contributed by atoms with E-state index in [-0.39, 0.29) is 0 Å². The average molecular weight is 173 g/mol. The van der Waals surface area contributed by atoms with Gasteiger partial charge in [0, 0.05) is 12.9 Å². The standard InChI is InChI=1S/C4H9BF3OS/c1-9-2-3-10-4-5(6,7)8/h2-4H2,1H3/q-1. The highest BCUT2D eigenvalue weighted by atomic mass is 32.2. The molecule has 0 amide bonds. The maximum Gasteiger partial charge on any atom is 0.488 e. The highest BCUT2D eigenvalue weighted by Crippen LogP contribution is 2.15. The molecular formula is C4H9BF3OS-. The fourth-order valence-electron chi connectivity index (χ4n) is 0.359. The van der Waals surface area contributed by atoms with Crippen LogP contribution in [0.4, 0.5) is 12.9 Å². The number of ether oxygens (including phenoxy) is 1. The van der Waals surface area contributed by atoms with Gasteiger partial charge in [-0.3, -0.25) is 0 Å². The van der Waals surface area contributed by atoms with E-state index in [1.54, 1.807) is 0 Å². The van der Waals surface area contributed by atoms with E-state index in [2.05, 4.69) is 4.74 Å². The van der Waals surface area contributed by atoms with Crippen LogP contribution in [0.1, 0.15) is 0 Å². The first kappa shape index (κ1) is 10.2. The minimum atomic E-state index is -4.61. The molecular weight excluding hydrogens is 164 g/mol. The minimum Gasteiger partial charge on any atom is -0.448 e. The molecule has 0 saturated heterocycles. The maximum absolute atomic E-state index is 11.5. The van der Waals surface area contributed by atoms with Crippen molar-refractivity contribution in [2.24, 2.45) is 0 Å². The van der Waals surface area contributed by atoms with Crippen molar-refractivity contribution in [2.75, 3.05) is 25.1 Å². The molecule has 0 fully saturated rings. The van der Waals surface area contributed by atoms with Crippen molar-refractivity contribution >= 4 is 18.7 Å². The van der Waals surface area contributed by atoms with E-state index in [0.717, 1.165) is 11.8 Å². The average Bonchev–Trinajstić information content (AvgIpc) is 1.78. The Hall–Kier alpha value is 0.165. The van der Waals surface area contributed by atoms with E-state index in [1.807, 2.05) is 0 Å². The monoisotopic (exact) mass is 173 g/mol. The predicted octanol–water partition coefficient (Wildman–Crippen LogP) is 1.75. The summed E-state index contributed by atoms with van der Waals surface area (Å²) in [5.41, 5.74) is -0.719. The van der Waals surface area contributed by atoms with Gasteiger partial charge in [0.25, 0.3) is 0 Å². The third-order valence-corrected chi connectivity index (χ3v) is 1.81. The van der Waals surface area contributed by atoms with Crippen LogP contribution in [-0.4, -0.2) is 32.1 Å². The molecule has 0 bridgehead atoms. The Bertz CT molecular complexity index is 87.1. The van der Waals surface area contributed by atoms with Crippen LogP contribution in [0.15, 0.2) is 0 Å². The Morgan fingerprint density at radius 1 is 1.40 bits per heavy atom. The summed E-state index contributed by atoms with van der Waals surface area (Å²) in [4.78, 5) is 0. The molecule has 6 heteroatoms. The second-order valence-electron chi connectivity index (χ2n) is 1.78. The smallest absolute Gasteiger partial charge is 0.448 e. The lowest BCUT2D eigenvalue weighted by Crippen LogP contribution is -2.19. The van der Waals surface area contributed by atoms with Gasteiger partial charge in [-0.1, -0.05) is 0 Å². The Morgan fingerprint density at radius 3 is 2.40 bits per heavy atom. The summed E-state index contributed by atoms with van der Waals surface area (Å²) in [6.07, 6.45) is 0. The largest absolute Gasteiger partial charge is 0.488 e. The number of halogens is 3. The summed E-state index contributed by atoms with van der Waals surface area (Å²) in [6, 6.07) is 0. The lowest BCUT2D eigenvalue weighted by molar-refractivity contribution is 0.218. The van der Waals surface area contributed by atoms with Crippen molar-refractivity contribution in [3.63, 3.8) is 0 Å². The molecule has 62 valence electrons. The first-order valence-electron chi connectivity index (χ1n) is 2.84. The van der Waals surface area contributed by atoms with Gasteiger partial charge in [0.05, 0.1) is 6.61 Å². The highest BCUT2D eigenvalue weighted by Gasteiger charge is 2.21. The Labute approximate surface area is 62.4 Å². The second kappa shape index (κ2) is 4.90.